The van der Waals surface area contributed by atoms with Crippen LogP contribution >= 0.6 is 0 Å². The number of imidazole rings is 1. The average Bonchev–Trinajstić information content (AvgIpc) is 3.14. The molecule has 1 atom stereocenters. The number of benzene rings is 1. The molecule has 3 rings (SSSR count). The summed E-state index contributed by atoms with van der Waals surface area (Å²) in [5.74, 6) is -1.01. The normalized spacial score (nSPS) is 17.5. The van der Waals surface area contributed by atoms with E-state index >= 15 is 0 Å². The Labute approximate surface area is 172 Å². The van der Waals surface area contributed by atoms with E-state index in [0.29, 0.717) is 25.3 Å². The van der Waals surface area contributed by atoms with Crippen LogP contribution in [0.2, 0.25) is 0 Å². The van der Waals surface area contributed by atoms with E-state index in [4.69, 9.17) is 4.74 Å². The molecule has 0 bridgehead atoms. The number of carbonyl (C=O) groups is 1. The van der Waals surface area contributed by atoms with Gasteiger partial charge in [0.15, 0.2) is 0 Å². The quantitative estimate of drug-likeness (QED) is 0.706. The van der Waals surface area contributed by atoms with Gasteiger partial charge in [0, 0.05) is 57.6 Å². The van der Waals surface area contributed by atoms with Crippen LogP contribution in [0.4, 0.5) is 13.2 Å². The molecule has 7 nitrogen and oxygen atoms in total. The van der Waals surface area contributed by atoms with Crippen molar-refractivity contribution in [1.29, 1.82) is 0 Å². The second-order valence-corrected chi connectivity index (χ2v) is 7.31. The zero-order chi connectivity index (χ0) is 21.8. The molecule has 1 amide bonds. The summed E-state index contributed by atoms with van der Waals surface area (Å²) in [5.41, 5.74) is -1.87. The first-order chi connectivity index (χ1) is 14.2. The van der Waals surface area contributed by atoms with Crippen molar-refractivity contribution in [1.82, 2.24) is 19.8 Å². The van der Waals surface area contributed by atoms with Crippen molar-refractivity contribution in [2.45, 2.75) is 24.7 Å². The van der Waals surface area contributed by atoms with Crippen LogP contribution in [0.15, 0.2) is 36.7 Å². The van der Waals surface area contributed by atoms with E-state index in [0.717, 1.165) is 23.2 Å². The van der Waals surface area contributed by atoms with E-state index in [9.17, 15) is 23.1 Å². The molecule has 1 fully saturated rings. The SMILES string of the molecule is Cn1ccnc1C(O)(CCNC(=O)c1cccc(CN2CCOCC2)c1)C(F)(F)F. The molecule has 1 aliphatic rings. The predicted molar refractivity (Wildman–Crippen MR) is 103 cm³/mol. The van der Waals surface area contributed by atoms with Crippen molar-refractivity contribution in [3.05, 3.63) is 53.6 Å². The average molecular weight is 426 g/mol. The van der Waals surface area contributed by atoms with Crippen molar-refractivity contribution >= 4 is 5.91 Å². The molecule has 30 heavy (non-hydrogen) atoms. The Hall–Kier alpha value is -2.43. The van der Waals surface area contributed by atoms with Crippen molar-refractivity contribution < 1.29 is 27.8 Å². The van der Waals surface area contributed by atoms with Gasteiger partial charge in [0.1, 0.15) is 5.82 Å². The summed E-state index contributed by atoms with van der Waals surface area (Å²) in [5, 5.41) is 12.8. The Morgan fingerprint density at radius 3 is 2.67 bits per heavy atom. The summed E-state index contributed by atoms with van der Waals surface area (Å²) in [7, 11) is 1.37. The third kappa shape index (κ3) is 5.00. The number of rotatable bonds is 7. The molecule has 1 aromatic carbocycles. The number of ether oxygens (including phenoxy) is 1. The summed E-state index contributed by atoms with van der Waals surface area (Å²) < 4.78 is 47.1. The first-order valence-corrected chi connectivity index (χ1v) is 9.65. The number of morpholine rings is 1. The third-order valence-corrected chi connectivity index (χ3v) is 5.13. The monoisotopic (exact) mass is 426 g/mol. The smallest absolute Gasteiger partial charge is 0.379 e. The van der Waals surface area contributed by atoms with Gasteiger partial charge in [-0.15, -0.1) is 0 Å². The molecule has 1 aromatic heterocycles. The fourth-order valence-corrected chi connectivity index (χ4v) is 3.43. The summed E-state index contributed by atoms with van der Waals surface area (Å²) in [6, 6.07) is 6.96. The number of aryl methyl sites for hydroxylation is 1. The minimum atomic E-state index is -4.94. The molecular formula is C20H25F3N4O3. The molecule has 0 saturated carbocycles. The maximum absolute atomic E-state index is 13.5. The van der Waals surface area contributed by atoms with Crippen molar-refractivity contribution in [2.75, 3.05) is 32.8 Å². The number of nitrogens with zero attached hydrogens (tertiary/aromatic N) is 3. The lowest BCUT2D eigenvalue weighted by Crippen LogP contribution is -2.46. The standard InChI is InChI=1S/C20H25F3N4O3/c1-26-8-7-25-18(26)19(29,20(21,22)23)5-6-24-17(28)16-4-2-3-15(13-16)14-27-9-11-30-12-10-27/h2-4,7-8,13,29H,5-6,9-12,14H2,1H3,(H,24,28). The number of carbonyl (C=O) groups excluding carboxylic acids is 1. The van der Waals surface area contributed by atoms with Gasteiger partial charge < -0.3 is 19.7 Å². The van der Waals surface area contributed by atoms with E-state index in [1.165, 1.54) is 19.4 Å². The fourth-order valence-electron chi connectivity index (χ4n) is 3.43. The van der Waals surface area contributed by atoms with E-state index in [-0.39, 0.29) is 6.54 Å². The van der Waals surface area contributed by atoms with Crippen molar-refractivity contribution in [2.24, 2.45) is 7.05 Å². The lowest BCUT2D eigenvalue weighted by atomic mass is 9.97. The molecule has 2 aromatic rings. The zero-order valence-corrected chi connectivity index (χ0v) is 16.7. The molecule has 2 N–H and O–H groups in total. The zero-order valence-electron chi connectivity index (χ0n) is 16.7. The Balaban J connectivity index is 1.62. The highest BCUT2D eigenvalue weighted by Crippen LogP contribution is 2.40. The molecular weight excluding hydrogens is 401 g/mol. The third-order valence-electron chi connectivity index (χ3n) is 5.13. The topological polar surface area (TPSA) is 79.6 Å². The highest BCUT2D eigenvalue weighted by molar-refractivity contribution is 5.94. The highest BCUT2D eigenvalue weighted by atomic mass is 19.4. The minimum Gasteiger partial charge on any atom is -0.379 e. The van der Waals surface area contributed by atoms with Gasteiger partial charge in [-0.25, -0.2) is 4.98 Å². The van der Waals surface area contributed by atoms with Crippen LogP contribution < -0.4 is 5.32 Å². The van der Waals surface area contributed by atoms with Gasteiger partial charge in [-0.05, 0) is 17.7 Å². The Morgan fingerprint density at radius 1 is 1.30 bits per heavy atom. The predicted octanol–water partition coefficient (Wildman–Crippen LogP) is 1.82. The van der Waals surface area contributed by atoms with Crippen LogP contribution in [0.25, 0.3) is 0 Å². The van der Waals surface area contributed by atoms with Gasteiger partial charge in [-0.1, -0.05) is 12.1 Å². The molecule has 10 heteroatoms. The lowest BCUT2D eigenvalue weighted by molar-refractivity contribution is -0.272. The van der Waals surface area contributed by atoms with Gasteiger partial charge in [0.2, 0.25) is 5.60 Å². The number of nitrogens with one attached hydrogen (secondary N) is 1. The van der Waals surface area contributed by atoms with Gasteiger partial charge >= 0.3 is 6.18 Å². The second kappa shape index (κ2) is 9.15. The maximum Gasteiger partial charge on any atom is 0.424 e. The van der Waals surface area contributed by atoms with E-state index in [1.54, 1.807) is 18.2 Å². The minimum absolute atomic E-state index is 0.355. The number of halogens is 3. The van der Waals surface area contributed by atoms with E-state index in [1.807, 2.05) is 6.07 Å². The van der Waals surface area contributed by atoms with E-state index < -0.39 is 29.9 Å². The number of aliphatic hydroxyl groups is 1. The van der Waals surface area contributed by atoms with Crippen LogP contribution in [0, 0.1) is 0 Å². The second-order valence-electron chi connectivity index (χ2n) is 7.31. The van der Waals surface area contributed by atoms with Crippen LogP contribution in [-0.2, 0) is 23.9 Å². The number of aromatic nitrogens is 2. The first-order valence-electron chi connectivity index (χ1n) is 9.65. The summed E-state index contributed by atoms with van der Waals surface area (Å²) in [4.78, 5) is 18.3. The van der Waals surface area contributed by atoms with Crippen molar-refractivity contribution in [3.8, 4) is 0 Å². The molecule has 0 radical (unpaired) electrons. The fraction of sp³-hybridized carbons (Fsp3) is 0.500. The van der Waals surface area contributed by atoms with Gasteiger partial charge in [-0.3, -0.25) is 9.69 Å². The molecule has 164 valence electrons. The summed E-state index contributed by atoms with van der Waals surface area (Å²) in [6.45, 7) is 3.24. The first kappa shape index (κ1) is 22.3. The number of hydrogen-bond donors (Lipinski definition) is 2. The van der Waals surface area contributed by atoms with Crippen molar-refractivity contribution in [3.63, 3.8) is 0 Å². The Bertz CT molecular complexity index is 865. The number of amides is 1. The van der Waals surface area contributed by atoms with E-state index in [2.05, 4.69) is 15.2 Å². The largest absolute Gasteiger partial charge is 0.424 e. The Morgan fingerprint density at radius 2 is 2.03 bits per heavy atom. The molecule has 0 spiro atoms. The Kier molecular flexibility index (Phi) is 6.79. The van der Waals surface area contributed by atoms with Crippen LogP contribution in [0.1, 0.15) is 28.2 Å². The molecule has 1 unspecified atom stereocenters. The number of alkyl halides is 3. The van der Waals surface area contributed by atoms with Crippen LogP contribution in [0.3, 0.4) is 0 Å². The lowest BCUT2D eigenvalue weighted by Gasteiger charge is -2.30. The molecule has 2 heterocycles. The van der Waals surface area contributed by atoms with Crippen LogP contribution in [0.5, 0.6) is 0 Å². The van der Waals surface area contributed by atoms with Gasteiger partial charge in [0.25, 0.3) is 5.91 Å². The summed E-state index contributed by atoms with van der Waals surface area (Å²) in [6.07, 6.45) is -3.18. The maximum atomic E-state index is 13.5. The highest BCUT2D eigenvalue weighted by Gasteiger charge is 2.57. The van der Waals surface area contributed by atoms with Crippen LogP contribution in [-0.4, -0.2) is 64.5 Å². The van der Waals surface area contributed by atoms with Gasteiger partial charge in [-0.2, -0.15) is 13.2 Å². The molecule has 0 aliphatic carbocycles. The number of hydrogen-bond acceptors (Lipinski definition) is 5. The van der Waals surface area contributed by atoms with Gasteiger partial charge in [0.05, 0.1) is 13.2 Å². The summed E-state index contributed by atoms with van der Waals surface area (Å²) >= 11 is 0. The molecule has 1 saturated heterocycles. The molecule has 1 aliphatic heterocycles.